The van der Waals surface area contributed by atoms with Crippen LogP contribution in [0, 0.1) is 11.6 Å². The zero-order valence-electron chi connectivity index (χ0n) is 11.6. The van der Waals surface area contributed by atoms with E-state index in [9.17, 15) is 8.78 Å². The van der Waals surface area contributed by atoms with E-state index in [1.807, 2.05) is 25.1 Å². The predicted molar refractivity (Wildman–Crippen MR) is 82.2 cm³/mol. The van der Waals surface area contributed by atoms with Crippen LogP contribution < -0.4 is 10.1 Å². The van der Waals surface area contributed by atoms with Gasteiger partial charge in [0.2, 0.25) is 0 Å². The minimum absolute atomic E-state index is 0.0809. The van der Waals surface area contributed by atoms with Gasteiger partial charge in [0, 0.05) is 12.1 Å². The second-order valence-corrected chi connectivity index (χ2v) is 5.35. The topological polar surface area (TPSA) is 21.3 Å². The molecule has 0 atom stereocenters. The highest BCUT2D eigenvalue weighted by Crippen LogP contribution is 2.24. The van der Waals surface area contributed by atoms with Gasteiger partial charge in [0.25, 0.3) is 0 Å². The molecule has 2 aromatic carbocycles. The van der Waals surface area contributed by atoms with Crippen molar-refractivity contribution in [3.8, 4) is 5.75 Å². The van der Waals surface area contributed by atoms with Crippen molar-refractivity contribution >= 4 is 15.9 Å². The van der Waals surface area contributed by atoms with E-state index in [4.69, 9.17) is 4.74 Å². The maximum Gasteiger partial charge on any atom is 0.146 e. The molecule has 0 spiro atoms. The average Bonchev–Trinajstić information content (AvgIpc) is 2.50. The summed E-state index contributed by atoms with van der Waals surface area (Å²) in [5, 5.41) is 3.20. The van der Waals surface area contributed by atoms with Crippen LogP contribution in [0.15, 0.2) is 40.9 Å². The Labute approximate surface area is 131 Å². The van der Waals surface area contributed by atoms with Crippen LogP contribution in [0.4, 0.5) is 8.78 Å². The minimum Gasteiger partial charge on any atom is -0.488 e. The van der Waals surface area contributed by atoms with Gasteiger partial charge in [-0.3, -0.25) is 0 Å². The molecule has 0 amide bonds. The van der Waals surface area contributed by atoms with Crippen molar-refractivity contribution in [1.82, 2.24) is 5.32 Å². The van der Waals surface area contributed by atoms with E-state index in [0.29, 0.717) is 12.3 Å². The Morgan fingerprint density at radius 3 is 2.67 bits per heavy atom. The second kappa shape index (κ2) is 7.52. The highest BCUT2D eigenvalue weighted by molar-refractivity contribution is 9.10. The molecule has 21 heavy (non-hydrogen) atoms. The first-order valence-electron chi connectivity index (χ1n) is 6.67. The number of halogens is 3. The third-order valence-electron chi connectivity index (χ3n) is 3.05. The molecule has 0 radical (unpaired) electrons. The molecule has 1 N–H and O–H groups in total. The molecular weight excluding hydrogens is 340 g/mol. The molecule has 0 aliphatic heterocycles. The van der Waals surface area contributed by atoms with Crippen LogP contribution in [0.25, 0.3) is 0 Å². The highest BCUT2D eigenvalue weighted by Gasteiger charge is 2.13. The number of hydrogen-bond acceptors (Lipinski definition) is 2. The molecule has 0 saturated carbocycles. The van der Waals surface area contributed by atoms with E-state index in [2.05, 4.69) is 21.2 Å². The fourth-order valence-corrected chi connectivity index (χ4v) is 2.27. The summed E-state index contributed by atoms with van der Waals surface area (Å²) in [5.74, 6) is -0.615. The fourth-order valence-electron chi connectivity index (χ4n) is 1.90. The summed E-state index contributed by atoms with van der Waals surface area (Å²) in [6.07, 6.45) is 0. The lowest BCUT2D eigenvalue weighted by Crippen LogP contribution is -2.13. The molecule has 0 heterocycles. The van der Waals surface area contributed by atoms with Crippen molar-refractivity contribution in [2.75, 3.05) is 6.54 Å². The van der Waals surface area contributed by atoms with Crippen LogP contribution in [0.2, 0.25) is 0 Å². The number of nitrogens with one attached hydrogen (secondary N) is 1. The van der Waals surface area contributed by atoms with Crippen molar-refractivity contribution in [3.63, 3.8) is 0 Å². The SMILES string of the molecule is CCNCc1ccccc1OCc1c(F)ccc(Br)c1F. The van der Waals surface area contributed by atoms with Gasteiger partial charge in [-0.25, -0.2) is 8.78 Å². The molecule has 0 saturated heterocycles. The van der Waals surface area contributed by atoms with Gasteiger partial charge in [-0.2, -0.15) is 0 Å². The average molecular weight is 356 g/mol. The lowest BCUT2D eigenvalue weighted by atomic mass is 10.2. The van der Waals surface area contributed by atoms with Crippen LogP contribution in [-0.4, -0.2) is 6.54 Å². The molecule has 2 nitrogen and oxygen atoms in total. The molecule has 0 unspecified atom stereocenters. The number of hydrogen-bond donors (Lipinski definition) is 1. The summed E-state index contributed by atoms with van der Waals surface area (Å²) in [5.41, 5.74) is 0.873. The Morgan fingerprint density at radius 2 is 1.90 bits per heavy atom. The predicted octanol–water partition coefficient (Wildman–Crippen LogP) is 4.42. The van der Waals surface area contributed by atoms with Crippen molar-refractivity contribution in [2.45, 2.75) is 20.1 Å². The maximum absolute atomic E-state index is 13.9. The molecular formula is C16H16BrF2NO. The Hall–Kier alpha value is -1.46. The van der Waals surface area contributed by atoms with E-state index in [1.54, 1.807) is 6.07 Å². The maximum atomic E-state index is 13.9. The number of benzene rings is 2. The number of para-hydroxylation sites is 1. The van der Waals surface area contributed by atoms with Crippen LogP contribution in [0.5, 0.6) is 5.75 Å². The van der Waals surface area contributed by atoms with Gasteiger partial charge < -0.3 is 10.1 Å². The lowest BCUT2D eigenvalue weighted by molar-refractivity contribution is 0.288. The summed E-state index contributed by atoms with van der Waals surface area (Å²) in [4.78, 5) is 0. The first kappa shape index (κ1) is 15.9. The lowest BCUT2D eigenvalue weighted by Gasteiger charge is -2.13. The van der Waals surface area contributed by atoms with Crippen LogP contribution in [0.1, 0.15) is 18.1 Å². The Bertz CT molecular complexity index is 619. The first-order valence-corrected chi connectivity index (χ1v) is 7.46. The molecule has 0 aromatic heterocycles. The molecule has 0 fully saturated rings. The minimum atomic E-state index is -0.626. The standard InChI is InChI=1S/C16H16BrF2NO/c1-2-20-9-11-5-3-4-6-15(11)21-10-12-14(18)8-7-13(17)16(12)19/h3-8,20H,2,9-10H2,1H3. The zero-order chi connectivity index (χ0) is 15.2. The molecule has 112 valence electrons. The summed E-state index contributed by atoms with van der Waals surface area (Å²) in [6, 6.07) is 10.0. The van der Waals surface area contributed by atoms with Gasteiger partial charge in [-0.15, -0.1) is 0 Å². The van der Waals surface area contributed by atoms with E-state index >= 15 is 0 Å². The van der Waals surface area contributed by atoms with E-state index in [-0.39, 0.29) is 16.6 Å². The van der Waals surface area contributed by atoms with Gasteiger partial charge >= 0.3 is 0 Å². The molecule has 0 aliphatic rings. The summed E-state index contributed by atoms with van der Waals surface area (Å²) < 4.78 is 33.4. The quantitative estimate of drug-likeness (QED) is 0.774. The second-order valence-electron chi connectivity index (χ2n) is 4.50. The monoisotopic (exact) mass is 355 g/mol. The summed E-state index contributed by atoms with van der Waals surface area (Å²) >= 11 is 3.05. The van der Waals surface area contributed by atoms with Gasteiger partial charge in [0.15, 0.2) is 0 Å². The van der Waals surface area contributed by atoms with E-state index < -0.39 is 11.6 Å². The normalized spacial score (nSPS) is 10.7. The third kappa shape index (κ3) is 4.02. The molecule has 0 bridgehead atoms. The van der Waals surface area contributed by atoms with Gasteiger partial charge in [0.05, 0.1) is 10.0 Å². The number of ether oxygens (including phenoxy) is 1. The molecule has 5 heteroatoms. The summed E-state index contributed by atoms with van der Waals surface area (Å²) in [6.45, 7) is 3.34. The van der Waals surface area contributed by atoms with Crippen LogP contribution in [0.3, 0.4) is 0 Å². The first-order chi connectivity index (χ1) is 10.1. The van der Waals surface area contributed by atoms with E-state index in [1.165, 1.54) is 12.1 Å². The third-order valence-corrected chi connectivity index (χ3v) is 3.66. The Kier molecular flexibility index (Phi) is 5.70. The Morgan fingerprint density at radius 1 is 1.14 bits per heavy atom. The molecule has 0 aliphatic carbocycles. The van der Waals surface area contributed by atoms with Gasteiger partial charge in [-0.05, 0) is 40.7 Å². The fraction of sp³-hybridized carbons (Fsp3) is 0.250. The van der Waals surface area contributed by atoms with Gasteiger partial charge in [-0.1, -0.05) is 25.1 Å². The Balaban J connectivity index is 2.15. The summed E-state index contributed by atoms with van der Waals surface area (Å²) in [7, 11) is 0. The molecule has 2 rings (SSSR count). The van der Waals surface area contributed by atoms with Crippen molar-refractivity contribution in [1.29, 1.82) is 0 Å². The largest absolute Gasteiger partial charge is 0.488 e. The smallest absolute Gasteiger partial charge is 0.146 e. The van der Waals surface area contributed by atoms with Crippen molar-refractivity contribution in [2.24, 2.45) is 0 Å². The van der Waals surface area contributed by atoms with Crippen LogP contribution in [-0.2, 0) is 13.2 Å². The van der Waals surface area contributed by atoms with Crippen molar-refractivity contribution in [3.05, 3.63) is 63.6 Å². The van der Waals surface area contributed by atoms with Crippen LogP contribution >= 0.6 is 15.9 Å². The highest BCUT2D eigenvalue weighted by atomic mass is 79.9. The zero-order valence-corrected chi connectivity index (χ0v) is 13.2. The van der Waals surface area contributed by atoms with Crippen molar-refractivity contribution < 1.29 is 13.5 Å². The number of rotatable bonds is 6. The van der Waals surface area contributed by atoms with Gasteiger partial charge in [0.1, 0.15) is 24.0 Å². The molecule has 2 aromatic rings. The van der Waals surface area contributed by atoms with E-state index in [0.717, 1.165) is 12.1 Å².